The van der Waals surface area contributed by atoms with Crippen LogP contribution in [0.2, 0.25) is 0 Å². The summed E-state index contributed by atoms with van der Waals surface area (Å²) in [5.41, 5.74) is 2.98. The monoisotopic (exact) mass is 292 g/mol. The first-order chi connectivity index (χ1) is 10.8. The normalized spacial score (nSPS) is 19.5. The van der Waals surface area contributed by atoms with Crippen LogP contribution < -0.4 is 5.32 Å². The van der Waals surface area contributed by atoms with Crippen LogP contribution in [0, 0.1) is 0 Å². The van der Waals surface area contributed by atoms with Crippen LogP contribution in [0.3, 0.4) is 0 Å². The standard InChI is InChI=1S/C17H16N4O/c22-17(14-7-4-8-18-14)21-10-13-9-19-16(20-15(13)11-21)12-5-2-1-3-6-12/h1-7,9,14,18H,8,10-11H2. The number of fused-ring (bicyclic) bond motifs is 1. The lowest BCUT2D eigenvalue weighted by atomic mass is 10.2. The predicted molar refractivity (Wildman–Crippen MR) is 82.7 cm³/mol. The Bertz CT molecular complexity index is 742. The lowest BCUT2D eigenvalue weighted by Gasteiger charge is -2.18. The van der Waals surface area contributed by atoms with Crippen LogP contribution in [0.5, 0.6) is 0 Å². The van der Waals surface area contributed by atoms with Crippen molar-refractivity contribution in [1.29, 1.82) is 0 Å². The average Bonchev–Trinajstić information content (AvgIpc) is 3.23. The summed E-state index contributed by atoms with van der Waals surface area (Å²) in [6.45, 7) is 1.91. The zero-order valence-electron chi connectivity index (χ0n) is 12.1. The summed E-state index contributed by atoms with van der Waals surface area (Å²) in [5, 5.41) is 3.16. The molecule has 0 fully saturated rings. The predicted octanol–water partition coefficient (Wildman–Crippen LogP) is 1.51. The zero-order chi connectivity index (χ0) is 14.9. The number of rotatable bonds is 2. The molecule has 5 heteroatoms. The summed E-state index contributed by atoms with van der Waals surface area (Å²) >= 11 is 0. The highest BCUT2D eigenvalue weighted by Gasteiger charge is 2.29. The molecule has 1 N–H and O–H groups in total. The fourth-order valence-corrected chi connectivity index (χ4v) is 2.87. The maximum atomic E-state index is 12.4. The largest absolute Gasteiger partial charge is 0.331 e. The fraction of sp³-hybridized carbons (Fsp3) is 0.235. The third kappa shape index (κ3) is 2.29. The minimum atomic E-state index is -0.198. The van der Waals surface area contributed by atoms with Crippen molar-refractivity contribution < 1.29 is 4.79 Å². The van der Waals surface area contributed by atoms with E-state index in [-0.39, 0.29) is 11.9 Å². The molecule has 1 unspecified atom stereocenters. The Morgan fingerprint density at radius 3 is 2.86 bits per heavy atom. The van der Waals surface area contributed by atoms with Crippen molar-refractivity contribution in [2.24, 2.45) is 0 Å². The van der Waals surface area contributed by atoms with Crippen LogP contribution in [0.15, 0.2) is 48.7 Å². The molecule has 2 aromatic rings. The number of benzene rings is 1. The molecule has 0 radical (unpaired) electrons. The number of nitrogens with zero attached hydrogens (tertiary/aromatic N) is 3. The number of hydrogen-bond acceptors (Lipinski definition) is 4. The van der Waals surface area contributed by atoms with Gasteiger partial charge >= 0.3 is 0 Å². The lowest BCUT2D eigenvalue weighted by molar-refractivity contribution is -0.132. The van der Waals surface area contributed by atoms with E-state index in [4.69, 9.17) is 0 Å². The van der Waals surface area contributed by atoms with Crippen molar-refractivity contribution in [3.63, 3.8) is 0 Å². The van der Waals surface area contributed by atoms with Crippen molar-refractivity contribution in [3.05, 3.63) is 59.9 Å². The van der Waals surface area contributed by atoms with Crippen molar-refractivity contribution in [1.82, 2.24) is 20.2 Å². The van der Waals surface area contributed by atoms with Gasteiger partial charge in [0.1, 0.15) is 6.04 Å². The summed E-state index contributed by atoms with van der Waals surface area (Å²) in [6.07, 6.45) is 5.75. The van der Waals surface area contributed by atoms with Gasteiger partial charge in [-0.15, -0.1) is 0 Å². The van der Waals surface area contributed by atoms with E-state index in [1.807, 2.05) is 53.6 Å². The van der Waals surface area contributed by atoms with Gasteiger partial charge in [-0.2, -0.15) is 0 Å². The van der Waals surface area contributed by atoms with Crippen molar-refractivity contribution >= 4 is 5.91 Å². The van der Waals surface area contributed by atoms with Crippen molar-refractivity contribution in [2.75, 3.05) is 6.54 Å². The Morgan fingerprint density at radius 1 is 1.23 bits per heavy atom. The molecule has 5 nitrogen and oxygen atoms in total. The van der Waals surface area contributed by atoms with Crippen LogP contribution in [0.1, 0.15) is 11.3 Å². The van der Waals surface area contributed by atoms with E-state index in [0.717, 1.165) is 23.4 Å². The second-order valence-electron chi connectivity index (χ2n) is 5.54. The molecule has 22 heavy (non-hydrogen) atoms. The summed E-state index contributed by atoms with van der Waals surface area (Å²) in [5.74, 6) is 0.820. The minimum absolute atomic E-state index is 0.105. The van der Waals surface area contributed by atoms with E-state index in [1.54, 1.807) is 0 Å². The van der Waals surface area contributed by atoms with E-state index in [2.05, 4.69) is 15.3 Å². The molecular weight excluding hydrogens is 276 g/mol. The molecule has 1 aromatic heterocycles. The van der Waals surface area contributed by atoms with Crippen molar-refractivity contribution in [2.45, 2.75) is 19.1 Å². The Labute approximate surface area is 128 Å². The average molecular weight is 292 g/mol. The first kappa shape index (κ1) is 13.2. The smallest absolute Gasteiger partial charge is 0.244 e. The molecule has 2 aliphatic heterocycles. The summed E-state index contributed by atoms with van der Waals surface area (Å²) < 4.78 is 0. The van der Waals surface area contributed by atoms with Crippen LogP contribution in [0.4, 0.5) is 0 Å². The highest BCUT2D eigenvalue weighted by atomic mass is 16.2. The quantitative estimate of drug-likeness (QED) is 0.853. The molecule has 4 rings (SSSR count). The molecule has 0 aliphatic carbocycles. The second-order valence-corrected chi connectivity index (χ2v) is 5.54. The van der Waals surface area contributed by atoms with Gasteiger partial charge in [-0.25, -0.2) is 9.97 Å². The summed E-state index contributed by atoms with van der Waals surface area (Å²) in [7, 11) is 0. The maximum absolute atomic E-state index is 12.4. The van der Waals surface area contributed by atoms with Crippen LogP contribution in [0.25, 0.3) is 11.4 Å². The molecule has 0 saturated carbocycles. The minimum Gasteiger partial charge on any atom is -0.331 e. The van der Waals surface area contributed by atoms with Gasteiger partial charge in [0.2, 0.25) is 5.91 Å². The highest BCUT2D eigenvalue weighted by Crippen LogP contribution is 2.24. The third-order valence-electron chi connectivity index (χ3n) is 4.05. The zero-order valence-corrected chi connectivity index (χ0v) is 12.1. The van der Waals surface area contributed by atoms with Gasteiger partial charge < -0.3 is 4.90 Å². The van der Waals surface area contributed by atoms with Gasteiger partial charge in [0.05, 0.1) is 12.2 Å². The summed E-state index contributed by atoms with van der Waals surface area (Å²) in [6, 6.07) is 9.70. The van der Waals surface area contributed by atoms with E-state index in [1.165, 1.54) is 0 Å². The molecule has 1 amide bonds. The number of carbonyl (C=O) groups is 1. The third-order valence-corrected chi connectivity index (χ3v) is 4.05. The van der Waals surface area contributed by atoms with Gasteiger partial charge in [-0.1, -0.05) is 42.5 Å². The first-order valence-electron chi connectivity index (χ1n) is 7.40. The Hall–Kier alpha value is -2.53. The molecular formula is C17H16N4O. The van der Waals surface area contributed by atoms with E-state index in [0.29, 0.717) is 18.9 Å². The van der Waals surface area contributed by atoms with Crippen LogP contribution >= 0.6 is 0 Å². The van der Waals surface area contributed by atoms with E-state index in [9.17, 15) is 4.79 Å². The number of aromatic nitrogens is 2. The van der Waals surface area contributed by atoms with Crippen molar-refractivity contribution in [3.8, 4) is 11.4 Å². The van der Waals surface area contributed by atoms with Crippen LogP contribution in [-0.2, 0) is 17.9 Å². The SMILES string of the molecule is O=C(C1C=CCN1)N1Cc2cnc(-c3ccccc3)nc2C1. The number of hydrogen-bond donors (Lipinski definition) is 1. The van der Waals surface area contributed by atoms with Crippen LogP contribution in [-0.4, -0.2) is 33.4 Å². The Morgan fingerprint density at radius 2 is 2.09 bits per heavy atom. The van der Waals surface area contributed by atoms with E-state index >= 15 is 0 Å². The molecule has 0 bridgehead atoms. The van der Waals surface area contributed by atoms with Gasteiger partial charge in [0, 0.05) is 30.4 Å². The molecule has 110 valence electrons. The van der Waals surface area contributed by atoms with Gasteiger partial charge in [0.25, 0.3) is 0 Å². The molecule has 2 aliphatic rings. The fourth-order valence-electron chi connectivity index (χ4n) is 2.87. The maximum Gasteiger partial charge on any atom is 0.244 e. The van der Waals surface area contributed by atoms with Gasteiger partial charge in [-0.3, -0.25) is 10.1 Å². The first-order valence-corrected chi connectivity index (χ1v) is 7.40. The Balaban J connectivity index is 1.56. The number of nitrogens with one attached hydrogen (secondary N) is 1. The second kappa shape index (κ2) is 5.35. The van der Waals surface area contributed by atoms with Gasteiger partial charge in [0.15, 0.2) is 5.82 Å². The molecule has 1 atom stereocenters. The lowest BCUT2D eigenvalue weighted by Crippen LogP contribution is -2.41. The molecule has 0 saturated heterocycles. The van der Waals surface area contributed by atoms with Gasteiger partial charge in [-0.05, 0) is 0 Å². The topological polar surface area (TPSA) is 58.1 Å². The molecule has 1 aromatic carbocycles. The van der Waals surface area contributed by atoms with E-state index < -0.39 is 0 Å². The molecule has 0 spiro atoms. The highest BCUT2D eigenvalue weighted by molar-refractivity contribution is 5.84. The summed E-state index contributed by atoms with van der Waals surface area (Å²) in [4.78, 5) is 23.3. The Kier molecular flexibility index (Phi) is 3.20. The molecule has 3 heterocycles. The number of carbonyl (C=O) groups excluding carboxylic acids is 1. The number of amides is 1.